The summed E-state index contributed by atoms with van der Waals surface area (Å²) in [6.45, 7) is 6.63. The minimum Gasteiger partial charge on any atom is -0.332 e. The molecule has 5 nitrogen and oxygen atoms in total. The monoisotopic (exact) mass is 553 g/mol. The fourth-order valence-electron chi connectivity index (χ4n) is 4.36. The number of benzene rings is 2. The van der Waals surface area contributed by atoms with Gasteiger partial charge >= 0.3 is 0 Å². The molecule has 1 saturated heterocycles. The van der Waals surface area contributed by atoms with E-state index in [9.17, 15) is 9.59 Å². The van der Waals surface area contributed by atoms with Crippen molar-refractivity contribution in [1.29, 1.82) is 0 Å². The Bertz CT molecular complexity index is 1130. The predicted molar refractivity (Wildman–Crippen MR) is 145 cm³/mol. The first-order valence-corrected chi connectivity index (χ1v) is 13.8. The number of likely N-dealkylation sites (tertiary alicyclic amines) is 1. The van der Waals surface area contributed by atoms with E-state index in [-0.39, 0.29) is 18.4 Å². The highest BCUT2D eigenvalue weighted by Gasteiger charge is 2.25. The Morgan fingerprint density at radius 3 is 2.34 bits per heavy atom. The molecule has 1 aliphatic rings. The molecule has 4 rings (SSSR count). The third-order valence-electron chi connectivity index (χ3n) is 6.47. The van der Waals surface area contributed by atoms with Crippen LogP contribution in [0.2, 0.25) is 0 Å². The van der Waals surface area contributed by atoms with Crippen LogP contribution in [0.5, 0.6) is 0 Å². The van der Waals surface area contributed by atoms with Crippen molar-refractivity contribution in [2.24, 2.45) is 0 Å². The first-order valence-electron chi connectivity index (χ1n) is 12.1. The lowest BCUT2D eigenvalue weighted by Gasteiger charge is -2.29. The van der Waals surface area contributed by atoms with Gasteiger partial charge in [0.1, 0.15) is 6.54 Å². The largest absolute Gasteiger partial charge is 0.332 e. The van der Waals surface area contributed by atoms with E-state index in [4.69, 9.17) is 0 Å². The molecule has 2 heterocycles. The zero-order valence-corrected chi connectivity index (χ0v) is 22.6. The molecule has 3 aromatic rings. The van der Waals surface area contributed by atoms with Gasteiger partial charge < -0.3 is 14.7 Å². The summed E-state index contributed by atoms with van der Waals surface area (Å²) in [6, 6.07) is 19.6. The molecule has 0 saturated carbocycles. The average molecular weight is 555 g/mol. The van der Waals surface area contributed by atoms with E-state index in [1.54, 1.807) is 16.2 Å². The number of halogens is 1. The van der Waals surface area contributed by atoms with Crippen LogP contribution in [0.4, 0.5) is 0 Å². The Kier molecular flexibility index (Phi) is 9.12. The predicted octanol–water partition coefficient (Wildman–Crippen LogP) is 5.59. The van der Waals surface area contributed by atoms with Gasteiger partial charge in [0.05, 0.1) is 12.1 Å². The van der Waals surface area contributed by atoms with Gasteiger partial charge in [0.15, 0.2) is 0 Å². The third-order valence-corrected chi connectivity index (χ3v) is 8.17. The van der Waals surface area contributed by atoms with Gasteiger partial charge in [-0.05, 0) is 83.5 Å². The van der Waals surface area contributed by atoms with Gasteiger partial charge in [0.2, 0.25) is 5.91 Å². The Morgan fingerprint density at radius 2 is 1.66 bits per heavy atom. The van der Waals surface area contributed by atoms with Crippen LogP contribution in [-0.2, 0) is 17.9 Å². The normalized spacial score (nSPS) is 13.7. The van der Waals surface area contributed by atoms with Crippen LogP contribution in [0, 0.1) is 6.92 Å². The maximum absolute atomic E-state index is 13.7. The number of aryl methyl sites for hydroxylation is 1. The molecule has 2 amide bonds. The number of thiophene rings is 1. The van der Waals surface area contributed by atoms with E-state index < -0.39 is 0 Å². The van der Waals surface area contributed by atoms with Crippen LogP contribution >= 0.6 is 27.3 Å². The smallest absolute Gasteiger partial charge is 0.255 e. The summed E-state index contributed by atoms with van der Waals surface area (Å²) >= 11 is 5.19. The van der Waals surface area contributed by atoms with Crippen molar-refractivity contribution in [3.05, 3.63) is 92.1 Å². The Balaban J connectivity index is 1.54. The second kappa shape index (κ2) is 12.5. The lowest BCUT2D eigenvalue weighted by Crippen LogP contribution is -2.45. The summed E-state index contributed by atoms with van der Waals surface area (Å²) in [6.07, 6.45) is 2.39. The van der Waals surface area contributed by atoms with Crippen molar-refractivity contribution in [2.45, 2.75) is 32.9 Å². The number of carbonyl (C=O) groups is 2. The van der Waals surface area contributed by atoms with E-state index in [1.165, 1.54) is 23.3 Å². The number of rotatable bonds is 10. The summed E-state index contributed by atoms with van der Waals surface area (Å²) in [5.74, 6) is -0.152. The quantitative estimate of drug-likeness (QED) is 0.329. The third kappa shape index (κ3) is 7.03. The van der Waals surface area contributed by atoms with Crippen LogP contribution < -0.4 is 0 Å². The molecule has 0 aliphatic carbocycles. The van der Waals surface area contributed by atoms with Gasteiger partial charge in [0.25, 0.3) is 5.91 Å². The SMILES string of the molecule is Cc1ccsc1CN(Cc1ccccc1)C(=O)CN(CCN1CCCC1)C(=O)c1ccccc1Br. The standard InChI is InChI=1S/C28H32BrN3O2S/c1-22-13-18-35-26(22)20-32(19-23-9-3-2-4-10-23)27(33)21-31(17-16-30-14-7-8-15-30)28(34)24-11-5-6-12-25(24)29/h2-6,9-13,18H,7-8,14-17,19-21H2,1H3. The van der Waals surface area contributed by atoms with Gasteiger partial charge in [-0.25, -0.2) is 0 Å². The first-order chi connectivity index (χ1) is 17.0. The second-order valence-corrected chi connectivity index (χ2v) is 10.9. The molecule has 1 aromatic heterocycles. The second-order valence-electron chi connectivity index (χ2n) is 9.02. The zero-order chi connectivity index (χ0) is 24.6. The molecular weight excluding hydrogens is 522 g/mol. The molecule has 0 bridgehead atoms. The fourth-order valence-corrected chi connectivity index (χ4v) is 5.74. The van der Waals surface area contributed by atoms with Crippen LogP contribution in [-0.4, -0.2) is 59.2 Å². The summed E-state index contributed by atoms with van der Waals surface area (Å²) in [5.41, 5.74) is 2.86. The van der Waals surface area contributed by atoms with Crippen molar-refractivity contribution in [3.63, 3.8) is 0 Å². The summed E-state index contributed by atoms with van der Waals surface area (Å²) < 4.78 is 0.749. The molecule has 0 radical (unpaired) electrons. The lowest BCUT2D eigenvalue weighted by atomic mass is 10.1. The maximum atomic E-state index is 13.7. The van der Waals surface area contributed by atoms with Gasteiger partial charge in [0, 0.05) is 29.0 Å². The molecule has 1 aliphatic heterocycles. The van der Waals surface area contributed by atoms with Crippen LogP contribution in [0.3, 0.4) is 0 Å². The lowest BCUT2D eigenvalue weighted by molar-refractivity contribution is -0.133. The van der Waals surface area contributed by atoms with Gasteiger partial charge in [-0.3, -0.25) is 9.59 Å². The fraction of sp³-hybridized carbons (Fsp3) is 0.357. The highest BCUT2D eigenvalue weighted by atomic mass is 79.9. The highest BCUT2D eigenvalue weighted by Crippen LogP contribution is 2.21. The number of amides is 2. The van der Waals surface area contributed by atoms with E-state index in [2.05, 4.69) is 39.2 Å². The van der Waals surface area contributed by atoms with Gasteiger partial charge in [-0.15, -0.1) is 11.3 Å². The number of carbonyl (C=O) groups excluding carboxylic acids is 2. The molecular formula is C28H32BrN3O2S. The number of hydrogen-bond donors (Lipinski definition) is 0. The van der Waals surface area contributed by atoms with Crippen molar-refractivity contribution >= 4 is 39.1 Å². The van der Waals surface area contributed by atoms with Crippen molar-refractivity contribution < 1.29 is 9.59 Å². The van der Waals surface area contributed by atoms with E-state index in [0.717, 1.165) is 29.7 Å². The highest BCUT2D eigenvalue weighted by molar-refractivity contribution is 9.10. The van der Waals surface area contributed by atoms with E-state index in [1.807, 2.05) is 59.5 Å². The van der Waals surface area contributed by atoms with E-state index in [0.29, 0.717) is 25.2 Å². The summed E-state index contributed by atoms with van der Waals surface area (Å²) in [5, 5.41) is 2.06. The number of hydrogen-bond acceptors (Lipinski definition) is 4. The maximum Gasteiger partial charge on any atom is 0.255 e. The van der Waals surface area contributed by atoms with Gasteiger partial charge in [-0.1, -0.05) is 42.5 Å². The van der Waals surface area contributed by atoms with Crippen molar-refractivity contribution in [2.75, 3.05) is 32.7 Å². The molecule has 0 unspecified atom stereocenters. The minimum atomic E-state index is -0.114. The number of nitrogens with zero attached hydrogens (tertiary/aromatic N) is 3. The van der Waals surface area contributed by atoms with Gasteiger partial charge in [-0.2, -0.15) is 0 Å². The minimum absolute atomic E-state index is 0.0384. The molecule has 35 heavy (non-hydrogen) atoms. The zero-order valence-electron chi connectivity index (χ0n) is 20.2. The molecule has 0 spiro atoms. The molecule has 0 atom stereocenters. The molecule has 0 N–H and O–H groups in total. The Hall–Kier alpha value is -2.48. The van der Waals surface area contributed by atoms with Crippen LogP contribution in [0.1, 0.15) is 39.2 Å². The molecule has 7 heteroatoms. The van der Waals surface area contributed by atoms with Crippen molar-refractivity contribution in [3.8, 4) is 0 Å². The Morgan fingerprint density at radius 1 is 0.943 bits per heavy atom. The Labute approximate surface area is 220 Å². The van der Waals surface area contributed by atoms with Crippen molar-refractivity contribution in [1.82, 2.24) is 14.7 Å². The summed E-state index contributed by atoms with van der Waals surface area (Å²) in [4.78, 5) is 34.4. The first kappa shape index (κ1) is 25.6. The summed E-state index contributed by atoms with van der Waals surface area (Å²) in [7, 11) is 0. The average Bonchev–Trinajstić information content (AvgIpc) is 3.53. The topological polar surface area (TPSA) is 43.9 Å². The van der Waals surface area contributed by atoms with E-state index >= 15 is 0 Å². The molecule has 2 aromatic carbocycles. The molecule has 184 valence electrons. The van der Waals surface area contributed by atoms with Crippen LogP contribution in [0.25, 0.3) is 0 Å². The van der Waals surface area contributed by atoms with Crippen LogP contribution in [0.15, 0.2) is 70.5 Å². The molecule has 1 fully saturated rings.